The van der Waals surface area contributed by atoms with Crippen LogP contribution in [0.5, 0.6) is 0 Å². The molecule has 11 rings (SSSR count). The molecule has 0 saturated carbocycles. The molecule has 0 unspecified atom stereocenters. The Bertz CT molecular complexity index is 3670. The maximum Gasteiger partial charge on any atom is 0.121 e. The van der Waals surface area contributed by atoms with Gasteiger partial charge in [-0.15, -0.1) is 47.5 Å². The molecule has 0 spiro atoms. The van der Waals surface area contributed by atoms with Crippen molar-refractivity contribution in [2.75, 3.05) is 0 Å². The van der Waals surface area contributed by atoms with Crippen LogP contribution in [-0.4, -0.2) is 14.5 Å². The van der Waals surface area contributed by atoms with Gasteiger partial charge in [-0.3, -0.25) is 9.37 Å². The van der Waals surface area contributed by atoms with E-state index in [1.165, 1.54) is 39.9 Å². The summed E-state index contributed by atoms with van der Waals surface area (Å²) in [6, 6.07) is 56.3. The Labute approximate surface area is 410 Å². The Morgan fingerprint density at radius 2 is 1.40 bits per heavy atom. The summed E-state index contributed by atoms with van der Waals surface area (Å²) in [5.41, 5.74) is 12.5. The van der Waals surface area contributed by atoms with E-state index in [1.54, 1.807) is 12.1 Å². The van der Waals surface area contributed by atoms with Gasteiger partial charge in [0.05, 0.1) is 22.4 Å². The van der Waals surface area contributed by atoms with Gasteiger partial charge in [-0.1, -0.05) is 157 Å². The van der Waals surface area contributed by atoms with Gasteiger partial charge >= 0.3 is 0 Å². The molecule has 335 valence electrons. The summed E-state index contributed by atoms with van der Waals surface area (Å²) in [7, 11) is 0. The number of benzene rings is 8. The third kappa shape index (κ3) is 8.50. The second-order valence-electron chi connectivity index (χ2n) is 18.8. The first kappa shape index (κ1) is 41.7. The standard InChI is InChI=1S/C46H37N2O.C15H15FN.Ir/c1-27(2)36-24-33(30-13-7-6-8-14-30)25-37(28(3)4)44(36)48-41-18-12-11-17-40(41)47-46(48)35-22-19-29(5)43-39-23-32-21-20-31-15-9-10-16-34(31)38(32)26-42(39)49-45(35)43;1-15(2,3)12-6-9-14(17-10-12)11-4-7-13(16)8-5-11;/h6-21,23-28H,1-5H3;4,6-10H,1-3H3;/q2*-1;/i5D3;;. The zero-order chi connectivity index (χ0) is 48.4. The smallest absolute Gasteiger partial charge is 0.121 e. The van der Waals surface area contributed by atoms with Crippen molar-refractivity contribution in [2.45, 2.75) is 72.6 Å². The van der Waals surface area contributed by atoms with Gasteiger partial charge in [0.15, 0.2) is 0 Å². The first-order chi connectivity index (χ1) is 33.0. The van der Waals surface area contributed by atoms with Gasteiger partial charge in [0.2, 0.25) is 0 Å². The van der Waals surface area contributed by atoms with Crippen LogP contribution in [0.3, 0.4) is 0 Å². The molecular formula is C61H52FIrN3O-2. The quantitative estimate of drug-likeness (QED) is 0.123. The van der Waals surface area contributed by atoms with Crippen molar-refractivity contribution in [1.29, 1.82) is 0 Å². The summed E-state index contributed by atoms with van der Waals surface area (Å²) in [4.78, 5) is 9.67. The van der Waals surface area contributed by atoms with Crippen LogP contribution in [0, 0.1) is 24.8 Å². The summed E-state index contributed by atoms with van der Waals surface area (Å²) < 4.78 is 47.6. The molecule has 67 heavy (non-hydrogen) atoms. The average molecular weight is 1060 g/mol. The summed E-state index contributed by atoms with van der Waals surface area (Å²) in [5.74, 6) is 0.773. The van der Waals surface area contributed by atoms with Crippen LogP contribution < -0.4 is 0 Å². The number of pyridine rings is 1. The van der Waals surface area contributed by atoms with Gasteiger partial charge in [0.25, 0.3) is 0 Å². The van der Waals surface area contributed by atoms with E-state index in [0.717, 1.165) is 54.9 Å². The molecule has 0 fully saturated rings. The number of aromatic nitrogens is 3. The van der Waals surface area contributed by atoms with E-state index in [0.29, 0.717) is 27.9 Å². The maximum absolute atomic E-state index is 12.8. The zero-order valence-corrected chi connectivity index (χ0v) is 41.0. The van der Waals surface area contributed by atoms with E-state index in [2.05, 4.69) is 155 Å². The van der Waals surface area contributed by atoms with Gasteiger partial charge in [0.1, 0.15) is 5.58 Å². The molecule has 0 bridgehead atoms. The predicted octanol–water partition coefficient (Wildman–Crippen LogP) is 16.9. The number of hydrogen-bond acceptors (Lipinski definition) is 3. The molecule has 11 aromatic rings. The zero-order valence-electron chi connectivity index (χ0n) is 41.6. The number of imidazole rings is 1. The van der Waals surface area contributed by atoms with Crippen molar-refractivity contribution in [2.24, 2.45) is 0 Å². The Balaban J connectivity index is 0.000000286. The van der Waals surface area contributed by atoms with Crippen molar-refractivity contribution < 1.29 is 33.0 Å². The largest absolute Gasteiger partial charge is 0.501 e. The number of rotatable bonds is 6. The molecule has 3 heterocycles. The molecule has 0 N–H and O–H groups in total. The summed E-state index contributed by atoms with van der Waals surface area (Å²) in [5, 5.41) is 5.67. The fourth-order valence-corrected chi connectivity index (χ4v) is 9.09. The van der Waals surface area contributed by atoms with E-state index in [1.807, 2.05) is 48.7 Å². The second kappa shape index (κ2) is 18.2. The maximum atomic E-state index is 12.8. The molecule has 0 amide bonds. The van der Waals surface area contributed by atoms with E-state index in [-0.39, 0.29) is 48.7 Å². The number of hydrogen-bond donors (Lipinski definition) is 0. The molecule has 0 aliphatic heterocycles. The van der Waals surface area contributed by atoms with Crippen LogP contribution in [0.4, 0.5) is 4.39 Å². The van der Waals surface area contributed by atoms with Gasteiger partial charge in [-0.05, 0) is 109 Å². The molecule has 3 aromatic heterocycles. The molecule has 0 aliphatic rings. The minimum atomic E-state index is -2.38. The number of fused-ring (bicyclic) bond motifs is 7. The SMILES string of the molecule is CC(C)(C)c1ccc(-c2[c-]cc(F)cc2)nc1.[2H]C([2H])([2H])c1c[c-]c(-c2nc3ccccc3n2-c2c(C(C)C)cc(-c3ccccc3)cc2C(C)C)c2oc3cc4c(ccc5ccccc54)cc3c12.[Ir]. The number of halogens is 1. The van der Waals surface area contributed by atoms with Crippen molar-refractivity contribution in [3.63, 3.8) is 0 Å². The third-order valence-electron chi connectivity index (χ3n) is 12.6. The van der Waals surface area contributed by atoms with Crippen molar-refractivity contribution in [3.05, 3.63) is 198 Å². The summed E-state index contributed by atoms with van der Waals surface area (Å²) in [6.45, 7) is 13.0. The van der Waals surface area contributed by atoms with E-state index in [9.17, 15) is 4.39 Å². The number of para-hydroxylation sites is 2. The van der Waals surface area contributed by atoms with Crippen molar-refractivity contribution in [1.82, 2.24) is 14.5 Å². The summed E-state index contributed by atoms with van der Waals surface area (Å²) in [6.07, 6.45) is 1.87. The van der Waals surface area contributed by atoms with Crippen LogP contribution in [0.25, 0.3) is 94.0 Å². The predicted molar refractivity (Wildman–Crippen MR) is 273 cm³/mol. The normalized spacial score (nSPS) is 12.7. The van der Waals surface area contributed by atoms with Crippen LogP contribution >= 0.6 is 0 Å². The van der Waals surface area contributed by atoms with Crippen molar-refractivity contribution in [3.8, 4) is 39.5 Å². The Hall–Kier alpha value is -6.72. The number of nitrogens with zero attached hydrogens (tertiary/aromatic N) is 3. The molecule has 8 aromatic carbocycles. The van der Waals surface area contributed by atoms with Gasteiger partial charge in [-0.25, -0.2) is 0 Å². The Morgan fingerprint density at radius 1 is 0.687 bits per heavy atom. The fourth-order valence-electron chi connectivity index (χ4n) is 9.09. The Morgan fingerprint density at radius 3 is 2.09 bits per heavy atom. The minimum absolute atomic E-state index is 0. The summed E-state index contributed by atoms with van der Waals surface area (Å²) >= 11 is 0. The topological polar surface area (TPSA) is 43.9 Å². The number of aryl methyl sites for hydroxylation is 1. The molecule has 0 aliphatic carbocycles. The van der Waals surface area contributed by atoms with E-state index < -0.39 is 6.85 Å². The van der Waals surface area contributed by atoms with Gasteiger partial charge in [0, 0.05) is 47.3 Å². The molecule has 1 radical (unpaired) electrons. The van der Waals surface area contributed by atoms with Gasteiger partial charge < -0.3 is 14.0 Å². The van der Waals surface area contributed by atoms with E-state index >= 15 is 0 Å². The van der Waals surface area contributed by atoms with Crippen LogP contribution in [0.1, 0.15) is 86.7 Å². The van der Waals surface area contributed by atoms with Crippen LogP contribution in [0.2, 0.25) is 0 Å². The van der Waals surface area contributed by atoms with Gasteiger partial charge in [-0.2, -0.15) is 0 Å². The monoisotopic (exact) mass is 1060 g/mol. The molecule has 4 nitrogen and oxygen atoms in total. The van der Waals surface area contributed by atoms with Crippen molar-refractivity contribution >= 4 is 54.5 Å². The second-order valence-corrected chi connectivity index (χ2v) is 18.8. The molecule has 6 heteroatoms. The van der Waals surface area contributed by atoms with Crippen LogP contribution in [-0.2, 0) is 25.5 Å². The molecule has 0 atom stereocenters. The minimum Gasteiger partial charge on any atom is -0.501 e. The average Bonchev–Trinajstić information content (AvgIpc) is 3.91. The Kier molecular flexibility index (Phi) is 11.3. The first-order valence-corrected chi connectivity index (χ1v) is 22.6. The molecular weight excluding hydrogens is 1000 g/mol. The molecule has 0 saturated heterocycles. The van der Waals surface area contributed by atoms with Crippen LogP contribution in [0.15, 0.2) is 162 Å². The third-order valence-corrected chi connectivity index (χ3v) is 12.6. The first-order valence-electron chi connectivity index (χ1n) is 24.1. The fraction of sp³-hybridized carbons (Fsp3) is 0.180. The van der Waals surface area contributed by atoms with E-state index in [4.69, 9.17) is 13.5 Å². The number of furan rings is 1.